The maximum absolute atomic E-state index is 12.1. The Hall–Kier alpha value is -1.13. The number of aryl methyl sites for hydroxylation is 1. The van der Waals surface area contributed by atoms with Crippen LogP contribution in [0.5, 0.6) is 0 Å². The predicted octanol–water partition coefficient (Wildman–Crippen LogP) is 3.77. The van der Waals surface area contributed by atoms with Crippen LogP contribution in [0, 0.1) is 18.3 Å². The predicted molar refractivity (Wildman–Crippen MR) is 88.5 cm³/mol. The van der Waals surface area contributed by atoms with Gasteiger partial charge in [-0.1, -0.05) is 32.4 Å². The van der Waals surface area contributed by atoms with Crippen LogP contribution in [0.15, 0.2) is 12.1 Å². The van der Waals surface area contributed by atoms with Gasteiger partial charge in [0.05, 0.1) is 11.4 Å². The Morgan fingerprint density at radius 3 is 2.57 bits per heavy atom. The second kappa shape index (κ2) is 7.76. The summed E-state index contributed by atoms with van der Waals surface area (Å²) >= 11 is 5.81. The molecule has 1 aromatic heterocycles. The first-order chi connectivity index (χ1) is 9.74. The highest BCUT2D eigenvalue weighted by molar-refractivity contribution is 6.29. The molecule has 0 fully saturated rings. The van der Waals surface area contributed by atoms with Crippen molar-refractivity contribution in [2.24, 2.45) is 17.1 Å². The minimum Gasteiger partial charge on any atom is -0.330 e. The summed E-state index contributed by atoms with van der Waals surface area (Å²) in [6.45, 7) is 9.06. The van der Waals surface area contributed by atoms with E-state index in [0.29, 0.717) is 24.0 Å². The van der Waals surface area contributed by atoms with Crippen LogP contribution in [0.2, 0.25) is 5.15 Å². The molecule has 0 aliphatic carbocycles. The Labute approximate surface area is 132 Å². The van der Waals surface area contributed by atoms with E-state index < -0.39 is 0 Å². The molecule has 0 aromatic carbocycles. The van der Waals surface area contributed by atoms with Gasteiger partial charge in [0, 0.05) is 6.42 Å². The fourth-order valence-electron chi connectivity index (χ4n) is 2.39. The molecule has 0 saturated heterocycles. The van der Waals surface area contributed by atoms with Crippen molar-refractivity contribution in [1.29, 1.82) is 0 Å². The first kappa shape index (κ1) is 17.9. The maximum Gasteiger partial charge on any atom is 0.224 e. The van der Waals surface area contributed by atoms with E-state index in [4.69, 9.17) is 17.3 Å². The van der Waals surface area contributed by atoms with Gasteiger partial charge in [-0.25, -0.2) is 4.98 Å². The van der Waals surface area contributed by atoms with E-state index in [1.54, 1.807) is 12.1 Å². The van der Waals surface area contributed by atoms with Gasteiger partial charge in [0.25, 0.3) is 0 Å². The zero-order valence-corrected chi connectivity index (χ0v) is 14.1. The smallest absolute Gasteiger partial charge is 0.224 e. The van der Waals surface area contributed by atoms with Crippen molar-refractivity contribution in [1.82, 2.24) is 4.98 Å². The number of amides is 1. The molecule has 3 N–H and O–H groups in total. The molecule has 1 unspecified atom stereocenters. The Morgan fingerprint density at radius 2 is 2.05 bits per heavy atom. The molecule has 1 heterocycles. The number of carbonyl (C=O) groups excluding carboxylic acids is 1. The van der Waals surface area contributed by atoms with Crippen molar-refractivity contribution in [3.05, 3.63) is 23.0 Å². The van der Waals surface area contributed by atoms with Crippen molar-refractivity contribution in [3.63, 3.8) is 0 Å². The first-order valence-electron chi connectivity index (χ1n) is 7.37. The van der Waals surface area contributed by atoms with Crippen molar-refractivity contribution in [2.45, 2.75) is 47.0 Å². The van der Waals surface area contributed by atoms with Crippen molar-refractivity contribution in [3.8, 4) is 0 Å². The lowest BCUT2D eigenvalue weighted by Gasteiger charge is -2.30. The average molecular weight is 312 g/mol. The number of nitrogens with zero attached hydrogens (tertiary/aromatic N) is 1. The molecule has 1 aromatic rings. The van der Waals surface area contributed by atoms with Gasteiger partial charge in [-0.3, -0.25) is 4.79 Å². The van der Waals surface area contributed by atoms with Crippen LogP contribution in [0.3, 0.4) is 0 Å². The Balaban J connectivity index is 2.57. The third-order valence-electron chi connectivity index (χ3n) is 3.79. The number of nitrogens with two attached hydrogens (primary N) is 1. The van der Waals surface area contributed by atoms with Gasteiger partial charge in [-0.05, 0) is 49.8 Å². The highest BCUT2D eigenvalue weighted by atomic mass is 35.5. The summed E-state index contributed by atoms with van der Waals surface area (Å²) in [7, 11) is 0. The Kier molecular flexibility index (Phi) is 6.62. The van der Waals surface area contributed by atoms with Gasteiger partial charge in [-0.15, -0.1) is 0 Å². The average Bonchev–Trinajstić information content (AvgIpc) is 2.36. The summed E-state index contributed by atoms with van der Waals surface area (Å²) in [5.41, 5.74) is 7.28. The van der Waals surface area contributed by atoms with Crippen LogP contribution in [0.25, 0.3) is 0 Å². The first-order valence-corrected chi connectivity index (χ1v) is 7.75. The molecular weight excluding hydrogens is 286 g/mol. The third-order valence-corrected chi connectivity index (χ3v) is 4.00. The largest absolute Gasteiger partial charge is 0.330 e. The Bertz CT molecular complexity index is 483. The lowest BCUT2D eigenvalue weighted by atomic mass is 9.76. The molecule has 118 valence electrons. The zero-order valence-electron chi connectivity index (χ0n) is 13.4. The minimum absolute atomic E-state index is 0.00786. The van der Waals surface area contributed by atoms with Gasteiger partial charge in [0.1, 0.15) is 5.15 Å². The molecule has 1 atom stereocenters. The van der Waals surface area contributed by atoms with E-state index in [2.05, 4.69) is 31.1 Å². The molecule has 0 spiro atoms. The number of halogens is 1. The summed E-state index contributed by atoms with van der Waals surface area (Å²) in [6, 6.07) is 3.46. The van der Waals surface area contributed by atoms with E-state index in [9.17, 15) is 4.79 Å². The molecule has 1 rings (SSSR count). The number of aromatic nitrogens is 1. The van der Waals surface area contributed by atoms with Gasteiger partial charge in [0.2, 0.25) is 5.91 Å². The van der Waals surface area contributed by atoms with Crippen LogP contribution in [-0.4, -0.2) is 17.4 Å². The number of rotatable bonds is 6. The summed E-state index contributed by atoms with van der Waals surface area (Å²) in [4.78, 5) is 16.2. The summed E-state index contributed by atoms with van der Waals surface area (Å²) in [5.74, 6) is 0.450. The quantitative estimate of drug-likeness (QED) is 0.786. The molecule has 0 bridgehead atoms. The van der Waals surface area contributed by atoms with E-state index in [-0.39, 0.29) is 11.3 Å². The highest BCUT2D eigenvalue weighted by Gasteiger charge is 2.24. The van der Waals surface area contributed by atoms with E-state index in [1.165, 1.54) is 0 Å². The zero-order chi connectivity index (χ0) is 16.0. The summed E-state index contributed by atoms with van der Waals surface area (Å²) in [5, 5.41) is 3.33. The van der Waals surface area contributed by atoms with Gasteiger partial charge in [-0.2, -0.15) is 0 Å². The molecule has 5 heteroatoms. The van der Waals surface area contributed by atoms with Crippen LogP contribution < -0.4 is 11.1 Å². The van der Waals surface area contributed by atoms with E-state index >= 15 is 0 Å². The fourth-order valence-corrected chi connectivity index (χ4v) is 2.58. The summed E-state index contributed by atoms with van der Waals surface area (Å²) < 4.78 is 0. The standard InChI is InChI=1S/C16H26ClN3O/c1-11-13(6-7-14(17)19-11)20-15(21)8-5-12(9-10-18)16(2,3)4/h6-7,12H,5,8-10,18H2,1-4H3,(H,20,21). The topological polar surface area (TPSA) is 68.0 Å². The number of pyridine rings is 1. The third kappa shape index (κ3) is 6.02. The summed E-state index contributed by atoms with van der Waals surface area (Å²) in [6.07, 6.45) is 2.27. The van der Waals surface area contributed by atoms with Crippen molar-refractivity contribution in [2.75, 3.05) is 11.9 Å². The fraction of sp³-hybridized carbons (Fsp3) is 0.625. The van der Waals surface area contributed by atoms with Crippen molar-refractivity contribution < 1.29 is 4.79 Å². The molecule has 0 aliphatic rings. The normalized spacial score (nSPS) is 13.0. The number of nitrogens with one attached hydrogen (secondary N) is 1. The molecule has 0 radical (unpaired) electrons. The second-order valence-electron chi connectivity index (χ2n) is 6.49. The van der Waals surface area contributed by atoms with Crippen LogP contribution in [0.4, 0.5) is 5.69 Å². The molecule has 0 aliphatic heterocycles. The molecule has 4 nitrogen and oxygen atoms in total. The lowest BCUT2D eigenvalue weighted by molar-refractivity contribution is -0.116. The lowest BCUT2D eigenvalue weighted by Crippen LogP contribution is -2.25. The molecular formula is C16H26ClN3O. The van der Waals surface area contributed by atoms with Gasteiger partial charge in [0.15, 0.2) is 0 Å². The molecule has 1 amide bonds. The number of hydrogen-bond donors (Lipinski definition) is 2. The number of hydrogen-bond acceptors (Lipinski definition) is 3. The monoisotopic (exact) mass is 311 g/mol. The van der Waals surface area contributed by atoms with Crippen LogP contribution in [0.1, 0.15) is 45.7 Å². The highest BCUT2D eigenvalue weighted by Crippen LogP contribution is 2.32. The van der Waals surface area contributed by atoms with Crippen LogP contribution in [-0.2, 0) is 4.79 Å². The minimum atomic E-state index is 0.00786. The van der Waals surface area contributed by atoms with Crippen molar-refractivity contribution >= 4 is 23.2 Å². The van der Waals surface area contributed by atoms with E-state index in [1.807, 2.05) is 6.92 Å². The van der Waals surface area contributed by atoms with E-state index in [0.717, 1.165) is 24.2 Å². The Morgan fingerprint density at radius 1 is 1.38 bits per heavy atom. The van der Waals surface area contributed by atoms with Gasteiger partial charge < -0.3 is 11.1 Å². The molecule has 0 saturated carbocycles. The maximum atomic E-state index is 12.1. The SMILES string of the molecule is Cc1nc(Cl)ccc1NC(=O)CCC(CCN)C(C)(C)C. The second-order valence-corrected chi connectivity index (χ2v) is 6.88. The number of anilines is 1. The van der Waals surface area contributed by atoms with Crippen LogP contribution >= 0.6 is 11.6 Å². The van der Waals surface area contributed by atoms with Gasteiger partial charge >= 0.3 is 0 Å². The number of carbonyl (C=O) groups is 1. The molecule has 21 heavy (non-hydrogen) atoms.